The summed E-state index contributed by atoms with van der Waals surface area (Å²) in [5.41, 5.74) is -0.425. The third kappa shape index (κ3) is 4.00. The molecule has 16 heavy (non-hydrogen) atoms. The minimum Gasteiger partial charge on any atom is -0.444 e. The molecule has 0 spiro atoms. The molecule has 1 N–H and O–H groups in total. The maximum atomic E-state index is 11.8. The molecular formula is C12H24N2O2. The third-order valence-corrected chi connectivity index (χ3v) is 2.74. The largest absolute Gasteiger partial charge is 0.444 e. The van der Waals surface area contributed by atoms with Crippen LogP contribution in [0.1, 0.15) is 47.0 Å². The molecule has 0 aromatic carbocycles. The van der Waals surface area contributed by atoms with E-state index < -0.39 is 5.60 Å². The monoisotopic (exact) mass is 228 g/mol. The lowest BCUT2D eigenvalue weighted by atomic mass is 10.0. The van der Waals surface area contributed by atoms with Crippen LogP contribution in [0.15, 0.2) is 0 Å². The first-order valence-corrected chi connectivity index (χ1v) is 6.01. The number of ether oxygens (including phenoxy) is 1. The molecule has 1 aliphatic rings. The van der Waals surface area contributed by atoms with Gasteiger partial charge in [-0.05, 0) is 47.0 Å². The van der Waals surface area contributed by atoms with Crippen LogP contribution in [0.5, 0.6) is 0 Å². The van der Waals surface area contributed by atoms with Crippen molar-refractivity contribution in [3.8, 4) is 0 Å². The molecule has 1 heterocycles. The Balaban J connectivity index is 2.49. The van der Waals surface area contributed by atoms with Gasteiger partial charge in [-0.3, -0.25) is 10.2 Å². The van der Waals surface area contributed by atoms with E-state index in [1.54, 1.807) is 11.9 Å². The minimum absolute atomic E-state index is 0.110. The summed E-state index contributed by atoms with van der Waals surface area (Å²) in [5, 5.41) is 3.41. The van der Waals surface area contributed by atoms with Gasteiger partial charge >= 0.3 is 6.09 Å². The summed E-state index contributed by atoms with van der Waals surface area (Å²) in [4.78, 5) is 13.5. The summed E-state index contributed by atoms with van der Waals surface area (Å²) in [6, 6.07) is 0.476. The highest BCUT2D eigenvalue weighted by Crippen LogP contribution is 2.17. The van der Waals surface area contributed by atoms with Crippen LogP contribution in [-0.4, -0.2) is 35.8 Å². The number of nitrogens with one attached hydrogen (secondary N) is 1. The zero-order valence-corrected chi connectivity index (χ0v) is 11.0. The molecule has 1 rings (SSSR count). The summed E-state index contributed by atoms with van der Waals surface area (Å²) in [5.74, 6) is 0. The van der Waals surface area contributed by atoms with Crippen molar-refractivity contribution in [2.45, 2.75) is 64.8 Å². The van der Waals surface area contributed by atoms with Gasteiger partial charge in [-0.1, -0.05) is 0 Å². The Hall–Kier alpha value is -0.770. The van der Waals surface area contributed by atoms with E-state index in [0.29, 0.717) is 6.04 Å². The van der Waals surface area contributed by atoms with Gasteiger partial charge in [0.05, 0.1) is 6.17 Å². The Morgan fingerprint density at radius 1 is 1.38 bits per heavy atom. The van der Waals surface area contributed by atoms with Gasteiger partial charge < -0.3 is 4.74 Å². The number of nitrogens with zero attached hydrogens (tertiary/aromatic N) is 1. The minimum atomic E-state index is -0.425. The average molecular weight is 228 g/mol. The second kappa shape index (κ2) is 5.04. The molecular weight excluding hydrogens is 204 g/mol. The first kappa shape index (κ1) is 13.3. The lowest BCUT2D eigenvalue weighted by Crippen LogP contribution is -2.52. The van der Waals surface area contributed by atoms with Crippen molar-refractivity contribution in [2.24, 2.45) is 0 Å². The van der Waals surface area contributed by atoms with E-state index in [1.165, 1.54) is 6.42 Å². The SMILES string of the molecule is CC1CCCC(N(C)C(=O)OC(C)(C)C)N1. The first-order valence-electron chi connectivity index (χ1n) is 6.01. The lowest BCUT2D eigenvalue weighted by Gasteiger charge is -2.36. The van der Waals surface area contributed by atoms with E-state index in [1.807, 2.05) is 20.8 Å². The van der Waals surface area contributed by atoms with E-state index in [4.69, 9.17) is 4.74 Å². The number of hydrogen-bond donors (Lipinski definition) is 1. The highest BCUT2D eigenvalue weighted by atomic mass is 16.6. The second-order valence-corrected chi connectivity index (χ2v) is 5.61. The van der Waals surface area contributed by atoms with Crippen LogP contribution >= 0.6 is 0 Å². The normalized spacial score (nSPS) is 26.3. The average Bonchev–Trinajstić information content (AvgIpc) is 2.14. The van der Waals surface area contributed by atoms with Gasteiger partial charge in [-0.25, -0.2) is 4.79 Å². The first-order chi connectivity index (χ1) is 7.29. The van der Waals surface area contributed by atoms with Crippen LogP contribution in [0.4, 0.5) is 4.79 Å². The number of carbonyl (C=O) groups is 1. The summed E-state index contributed by atoms with van der Waals surface area (Å²) < 4.78 is 5.33. The number of piperidine rings is 1. The standard InChI is InChI=1S/C12H24N2O2/c1-9-7-6-8-10(13-9)14(5)11(15)16-12(2,3)4/h9-10,13H,6-8H2,1-5H3. The Kier molecular flexibility index (Phi) is 4.19. The Labute approximate surface area is 98.3 Å². The molecule has 4 heteroatoms. The molecule has 94 valence electrons. The summed E-state index contributed by atoms with van der Waals surface area (Å²) >= 11 is 0. The summed E-state index contributed by atoms with van der Waals surface area (Å²) in [7, 11) is 1.80. The number of hydrogen-bond acceptors (Lipinski definition) is 3. The van der Waals surface area contributed by atoms with Crippen molar-refractivity contribution >= 4 is 6.09 Å². The zero-order valence-electron chi connectivity index (χ0n) is 11.0. The lowest BCUT2D eigenvalue weighted by molar-refractivity contribution is 0.0144. The molecule has 1 aliphatic heterocycles. The maximum Gasteiger partial charge on any atom is 0.411 e. The van der Waals surface area contributed by atoms with Crippen LogP contribution in [0.3, 0.4) is 0 Å². The van der Waals surface area contributed by atoms with Gasteiger partial charge in [0.1, 0.15) is 5.60 Å². The smallest absolute Gasteiger partial charge is 0.411 e. The molecule has 2 atom stereocenters. The number of amides is 1. The molecule has 0 aromatic heterocycles. The quantitative estimate of drug-likeness (QED) is 0.749. The molecule has 2 unspecified atom stereocenters. The predicted molar refractivity (Wildman–Crippen MR) is 64.2 cm³/mol. The van der Waals surface area contributed by atoms with Crippen molar-refractivity contribution in [1.29, 1.82) is 0 Å². The molecule has 0 aromatic rings. The van der Waals surface area contributed by atoms with Crippen LogP contribution in [0.25, 0.3) is 0 Å². The van der Waals surface area contributed by atoms with Gasteiger partial charge in [0.2, 0.25) is 0 Å². The van der Waals surface area contributed by atoms with E-state index in [2.05, 4.69) is 12.2 Å². The summed E-state index contributed by atoms with van der Waals surface area (Å²) in [6.45, 7) is 7.80. The molecule has 0 radical (unpaired) electrons. The van der Waals surface area contributed by atoms with Gasteiger partial charge in [0.15, 0.2) is 0 Å². The van der Waals surface area contributed by atoms with Crippen LogP contribution in [-0.2, 0) is 4.74 Å². The molecule has 4 nitrogen and oxygen atoms in total. The Morgan fingerprint density at radius 2 is 2.00 bits per heavy atom. The fourth-order valence-electron chi connectivity index (χ4n) is 1.88. The topological polar surface area (TPSA) is 41.6 Å². The maximum absolute atomic E-state index is 11.8. The van der Waals surface area contributed by atoms with Gasteiger partial charge in [0, 0.05) is 13.1 Å². The second-order valence-electron chi connectivity index (χ2n) is 5.61. The molecule has 1 saturated heterocycles. The van der Waals surface area contributed by atoms with Crippen molar-refractivity contribution < 1.29 is 9.53 Å². The van der Waals surface area contributed by atoms with Crippen LogP contribution in [0.2, 0.25) is 0 Å². The molecule has 0 saturated carbocycles. The molecule has 1 amide bonds. The van der Waals surface area contributed by atoms with Gasteiger partial charge in [-0.15, -0.1) is 0 Å². The number of rotatable bonds is 1. The zero-order chi connectivity index (χ0) is 12.3. The van der Waals surface area contributed by atoms with Crippen molar-refractivity contribution in [2.75, 3.05) is 7.05 Å². The Bertz CT molecular complexity index is 248. The molecule has 1 fully saturated rings. The van der Waals surface area contributed by atoms with Crippen LogP contribution in [0, 0.1) is 0 Å². The predicted octanol–water partition coefficient (Wildman–Crippen LogP) is 2.34. The third-order valence-electron chi connectivity index (χ3n) is 2.74. The van der Waals surface area contributed by atoms with E-state index in [-0.39, 0.29) is 12.3 Å². The van der Waals surface area contributed by atoms with Crippen LogP contribution < -0.4 is 5.32 Å². The van der Waals surface area contributed by atoms with Gasteiger partial charge in [-0.2, -0.15) is 0 Å². The van der Waals surface area contributed by atoms with E-state index in [9.17, 15) is 4.79 Å². The fourth-order valence-corrected chi connectivity index (χ4v) is 1.88. The van der Waals surface area contributed by atoms with E-state index in [0.717, 1.165) is 12.8 Å². The van der Waals surface area contributed by atoms with Crippen molar-refractivity contribution in [3.05, 3.63) is 0 Å². The summed E-state index contributed by atoms with van der Waals surface area (Å²) in [6.07, 6.45) is 3.20. The van der Waals surface area contributed by atoms with Crippen molar-refractivity contribution in [3.63, 3.8) is 0 Å². The van der Waals surface area contributed by atoms with Gasteiger partial charge in [0.25, 0.3) is 0 Å². The highest BCUT2D eigenvalue weighted by Gasteiger charge is 2.27. The molecule has 0 aliphatic carbocycles. The number of carbonyl (C=O) groups excluding carboxylic acids is 1. The van der Waals surface area contributed by atoms with E-state index >= 15 is 0 Å². The highest BCUT2D eigenvalue weighted by molar-refractivity contribution is 5.68. The Morgan fingerprint density at radius 3 is 2.50 bits per heavy atom. The fraction of sp³-hybridized carbons (Fsp3) is 0.917. The van der Waals surface area contributed by atoms with Crippen molar-refractivity contribution in [1.82, 2.24) is 10.2 Å². The molecule has 0 bridgehead atoms.